The van der Waals surface area contributed by atoms with Crippen molar-refractivity contribution in [3.63, 3.8) is 0 Å². The Morgan fingerprint density at radius 3 is 2.05 bits per heavy atom. The molecule has 106 valence electrons. The molecular formula is C13H18F2O3Si. The summed E-state index contributed by atoms with van der Waals surface area (Å²) in [6, 6.07) is 3.37. The molecule has 3 nitrogen and oxygen atoms in total. The highest BCUT2D eigenvalue weighted by molar-refractivity contribution is 6.47. The maximum absolute atomic E-state index is 13.4. The first-order valence-electron chi connectivity index (χ1n) is 6.06. The average molecular weight is 288 g/mol. The standard InChI is InChI=1S/C13H18F2O3Si/c1-8(2)16-13(17-9(3)4)18-19-12-6-5-10(14)7-11(12)15/h5-9,13H,1-4H3. The first kappa shape index (κ1) is 16.2. The van der Waals surface area contributed by atoms with Crippen LogP contribution in [-0.4, -0.2) is 28.4 Å². The summed E-state index contributed by atoms with van der Waals surface area (Å²) in [5.41, 5.74) is 0. The molecule has 0 aliphatic heterocycles. The average Bonchev–Trinajstić information content (AvgIpc) is 2.25. The highest BCUT2D eigenvalue weighted by Crippen LogP contribution is 2.06. The van der Waals surface area contributed by atoms with Crippen molar-refractivity contribution in [1.82, 2.24) is 0 Å². The largest absolute Gasteiger partial charge is 0.366 e. The fourth-order valence-electron chi connectivity index (χ4n) is 1.22. The Bertz CT molecular complexity index is 389. The Hall–Kier alpha value is -0.823. The monoisotopic (exact) mass is 288 g/mol. The van der Waals surface area contributed by atoms with Gasteiger partial charge in [-0.1, -0.05) is 6.07 Å². The molecule has 0 bridgehead atoms. The number of halogens is 2. The van der Waals surface area contributed by atoms with Crippen molar-refractivity contribution in [1.29, 1.82) is 0 Å². The van der Waals surface area contributed by atoms with Crippen LogP contribution in [0.25, 0.3) is 0 Å². The van der Waals surface area contributed by atoms with E-state index in [1.807, 2.05) is 27.7 Å². The topological polar surface area (TPSA) is 27.7 Å². The van der Waals surface area contributed by atoms with Crippen LogP contribution in [0, 0.1) is 11.6 Å². The molecule has 0 saturated carbocycles. The van der Waals surface area contributed by atoms with E-state index in [4.69, 9.17) is 13.9 Å². The molecule has 0 aliphatic carbocycles. The Labute approximate surface area is 114 Å². The van der Waals surface area contributed by atoms with Crippen LogP contribution in [0.1, 0.15) is 27.7 Å². The van der Waals surface area contributed by atoms with Gasteiger partial charge < -0.3 is 13.9 Å². The molecule has 0 heterocycles. The van der Waals surface area contributed by atoms with E-state index in [-0.39, 0.29) is 27.2 Å². The number of rotatable bonds is 7. The van der Waals surface area contributed by atoms with E-state index in [0.29, 0.717) is 0 Å². The number of benzene rings is 1. The second kappa shape index (κ2) is 7.69. The maximum Gasteiger partial charge on any atom is 0.278 e. The van der Waals surface area contributed by atoms with E-state index in [0.717, 1.165) is 6.07 Å². The summed E-state index contributed by atoms with van der Waals surface area (Å²) in [7, 11) is -0.313. The molecule has 2 radical (unpaired) electrons. The minimum atomic E-state index is -0.859. The van der Waals surface area contributed by atoms with Crippen molar-refractivity contribution in [2.24, 2.45) is 0 Å². The number of ether oxygens (including phenoxy) is 2. The third kappa shape index (κ3) is 6.24. The summed E-state index contributed by atoms with van der Waals surface area (Å²) < 4.78 is 42.4. The minimum absolute atomic E-state index is 0.0772. The van der Waals surface area contributed by atoms with Crippen LogP contribution in [0.15, 0.2) is 18.2 Å². The zero-order valence-electron chi connectivity index (χ0n) is 11.4. The minimum Gasteiger partial charge on any atom is -0.366 e. The van der Waals surface area contributed by atoms with Gasteiger partial charge in [-0.2, -0.15) is 0 Å². The molecule has 0 amide bonds. The number of hydrogen-bond acceptors (Lipinski definition) is 3. The fraction of sp³-hybridized carbons (Fsp3) is 0.538. The summed E-state index contributed by atoms with van der Waals surface area (Å²) in [6.07, 6.45) is -0.154. The summed E-state index contributed by atoms with van der Waals surface area (Å²) >= 11 is 0. The molecule has 0 saturated heterocycles. The predicted molar refractivity (Wildman–Crippen MR) is 69.1 cm³/mol. The molecule has 1 rings (SSSR count). The second-order valence-corrected chi connectivity index (χ2v) is 5.48. The summed E-state index contributed by atoms with van der Waals surface area (Å²) in [5.74, 6) is -1.24. The molecular weight excluding hydrogens is 270 g/mol. The first-order valence-corrected chi connectivity index (χ1v) is 6.97. The van der Waals surface area contributed by atoms with Crippen molar-refractivity contribution in [3.8, 4) is 0 Å². The zero-order chi connectivity index (χ0) is 14.4. The Balaban J connectivity index is 2.59. The van der Waals surface area contributed by atoms with E-state index >= 15 is 0 Å². The quantitative estimate of drug-likeness (QED) is 0.569. The Morgan fingerprint density at radius 1 is 1.00 bits per heavy atom. The van der Waals surface area contributed by atoms with Crippen LogP contribution in [0.5, 0.6) is 0 Å². The van der Waals surface area contributed by atoms with Crippen LogP contribution in [0.4, 0.5) is 8.78 Å². The Kier molecular flexibility index (Phi) is 6.57. The molecule has 0 N–H and O–H groups in total. The highest BCUT2D eigenvalue weighted by Gasteiger charge is 2.16. The zero-order valence-corrected chi connectivity index (χ0v) is 12.4. The van der Waals surface area contributed by atoms with Gasteiger partial charge in [0.15, 0.2) is 0 Å². The fourth-order valence-corrected chi connectivity index (χ4v) is 1.87. The van der Waals surface area contributed by atoms with Gasteiger partial charge in [-0.05, 0) is 33.8 Å². The lowest BCUT2D eigenvalue weighted by Gasteiger charge is -2.22. The van der Waals surface area contributed by atoms with Gasteiger partial charge in [0, 0.05) is 11.3 Å². The molecule has 6 heteroatoms. The molecule has 0 spiro atoms. The molecule has 0 atom stereocenters. The van der Waals surface area contributed by atoms with Crippen molar-refractivity contribution >= 4 is 14.9 Å². The smallest absolute Gasteiger partial charge is 0.278 e. The normalized spacial score (nSPS) is 11.8. The van der Waals surface area contributed by atoms with E-state index in [1.54, 1.807) is 0 Å². The van der Waals surface area contributed by atoms with Crippen LogP contribution < -0.4 is 5.19 Å². The van der Waals surface area contributed by atoms with Gasteiger partial charge in [0.05, 0.1) is 12.2 Å². The molecule has 1 aromatic carbocycles. The molecule has 1 aromatic rings. The maximum atomic E-state index is 13.4. The Morgan fingerprint density at radius 2 is 1.58 bits per heavy atom. The lowest BCUT2D eigenvalue weighted by molar-refractivity contribution is -0.274. The lowest BCUT2D eigenvalue weighted by Crippen LogP contribution is -2.33. The van der Waals surface area contributed by atoms with E-state index in [2.05, 4.69) is 0 Å². The molecule has 0 fully saturated rings. The van der Waals surface area contributed by atoms with Gasteiger partial charge >= 0.3 is 0 Å². The number of hydrogen-bond donors (Lipinski definition) is 0. The van der Waals surface area contributed by atoms with Gasteiger partial charge in [0.1, 0.15) is 11.6 Å². The predicted octanol–water partition coefficient (Wildman–Crippen LogP) is 2.36. The van der Waals surface area contributed by atoms with E-state index in [1.165, 1.54) is 12.1 Å². The van der Waals surface area contributed by atoms with Gasteiger partial charge in [-0.15, -0.1) is 0 Å². The lowest BCUT2D eigenvalue weighted by atomic mass is 10.3. The van der Waals surface area contributed by atoms with Crippen LogP contribution >= 0.6 is 0 Å². The summed E-state index contributed by atoms with van der Waals surface area (Å²) in [5, 5.41) is 0.283. The van der Waals surface area contributed by atoms with Gasteiger partial charge in [0.2, 0.25) is 0 Å². The van der Waals surface area contributed by atoms with Crippen LogP contribution in [-0.2, 0) is 13.9 Å². The van der Waals surface area contributed by atoms with Crippen molar-refractivity contribution in [2.75, 3.05) is 0 Å². The molecule has 19 heavy (non-hydrogen) atoms. The van der Waals surface area contributed by atoms with Crippen LogP contribution in [0.3, 0.4) is 0 Å². The highest BCUT2D eigenvalue weighted by atomic mass is 28.2. The molecule has 0 aliphatic rings. The summed E-state index contributed by atoms with van der Waals surface area (Å²) in [6.45, 7) is 6.54. The van der Waals surface area contributed by atoms with E-state index < -0.39 is 18.1 Å². The molecule has 0 unspecified atom stereocenters. The third-order valence-electron chi connectivity index (χ3n) is 1.96. The van der Waals surface area contributed by atoms with Gasteiger partial charge in [-0.3, -0.25) is 0 Å². The first-order chi connectivity index (χ1) is 8.88. The van der Waals surface area contributed by atoms with Gasteiger partial charge in [-0.25, -0.2) is 8.78 Å². The van der Waals surface area contributed by atoms with E-state index in [9.17, 15) is 8.78 Å². The SMILES string of the molecule is CC(C)OC(O[Si]c1ccc(F)cc1F)OC(C)C. The van der Waals surface area contributed by atoms with Crippen molar-refractivity contribution < 1.29 is 22.7 Å². The van der Waals surface area contributed by atoms with Crippen molar-refractivity contribution in [2.45, 2.75) is 46.4 Å². The van der Waals surface area contributed by atoms with Crippen LogP contribution in [0.2, 0.25) is 0 Å². The third-order valence-corrected chi connectivity index (χ3v) is 2.90. The second-order valence-electron chi connectivity index (χ2n) is 4.50. The molecule has 0 aromatic heterocycles. The van der Waals surface area contributed by atoms with Crippen molar-refractivity contribution in [3.05, 3.63) is 29.8 Å². The van der Waals surface area contributed by atoms with Gasteiger partial charge in [0.25, 0.3) is 16.2 Å². The summed E-state index contributed by atoms with van der Waals surface area (Å²) in [4.78, 5) is 0.